The molecule has 0 amide bonds. The highest BCUT2D eigenvalue weighted by Crippen LogP contribution is 2.31. The fourth-order valence-corrected chi connectivity index (χ4v) is 4.44. The van der Waals surface area contributed by atoms with E-state index in [-0.39, 0.29) is 36.0 Å². The number of nitrogens with one attached hydrogen (secondary N) is 2. The maximum absolute atomic E-state index is 13.7. The predicted molar refractivity (Wildman–Crippen MR) is 144 cm³/mol. The summed E-state index contributed by atoms with van der Waals surface area (Å²) in [6.45, 7) is 2.09. The Labute approximate surface area is 213 Å². The molecule has 0 aromatic heterocycles. The standard InChI is InChI=1S/C29H23FN2O3.ClH/c1-17(23-11-5-7-18-6-2-3-10-24(18)23)31-25(19-12-14-21(30)15-13-19)20-8-4-9-22(16-20)32-26-27(33)29(35)28(26)34;/h2-17,25,31-33H,1H3;1H/t17-,25?;/m1./s1. The van der Waals surface area contributed by atoms with Gasteiger partial charge in [-0.3, -0.25) is 14.9 Å². The van der Waals surface area contributed by atoms with Crippen molar-refractivity contribution in [1.82, 2.24) is 5.32 Å². The van der Waals surface area contributed by atoms with Crippen molar-refractivity contribution in [2.45, 2.75) is 19.0 Å². The maximum Gasteiger partial charge on any atom is 0.271 e. The van der Waals surface area contributed by atoms with Gasteiger partial charge in [0.05, 0.1) is 6.04 Å². The molecule has 0 heterocycles. The van der Waals surface area contributed by atoms with Crippen molar-refractivity contribution in [2.24, 2.45) is 0 Å². The van der Waals surface area contributed by atoms with E-state index in [4.69, 9.17) is 0 Å². The Balaban J connectivity index is 0.00000304. The van der Waals surface area contributed by atoms with E-state index in [0.717, 1.165) is 27.5 Å². The summed E-state index contributed by atoms with van der Waals surface area (Å²) in [5.41, 5.74) is 1.68. The number of hydrogen-bond donors (Lipinski definition) is 3. The third-order valence-electron chi connectivity index (χ3n) is 6.28. The lowest BCUT2D eigenvalue weighted by Crippen LogP contribution is -2.32. The first-order valence-electron chi connectivity index (χ1n) is 11.3. The first-order valence-corrected chi connectivity index (χ1v) is 11.3. The second-order valence-corrected chi connectivity index (χ2v) is 8.57. The van der Waals surface area contributed by atoms with Crippen LogP contribution in [0.2, 0.25) is 0 Å². The van der Waals surface area contributed by atoms with Gasteiger partial charge in [-0.15, -0.1) is 12.4 Å². The molecule has 0 saturated carbocycles. The zero-order chi connectivity index (χ0) is 24.5. The van der Waals surface area contributed by atoms with Crippen molar-refractivity contribution in [2.75, 3.05) is 5.32 Å². The molecule has 3 N–H and O–H groups in total. The van der Waals surface area contributed by atoms with E-state index in [1.54, 1.807) is 18.2 Å². The average Bonchev–Trinajstić information content (AvgIpc) is 2.90. The monoisotopic (exact) mass is 502 g/mol. The Hall–Kier alpha value is -4.00. The lowest BCUT2D eigenvalue weighted by molar-refractivity contribution is 0.466. The zero-order valence-electron chi connectivity index (χ0n) is 19.4. The van der Waals surface area contributed by atoms with Crippen LogP contribution in [0.4, 0.5) is 15.8 Å². The zero-order valence-corrected chi connectivity index (χ0v) is 20.2. The summed E-state index contributed by atoms with van der Waals surface area (Å²) in [6.07, 6.45) is 0. The number of halogens is 2. The molecule has 5 nitrogen and oxygen atoms in total. The largest absolute Gasteiger partial charge is 0.502 e. The molecule has 5 aromatic carbocycles. The lowest BCUT2D eigenvalue weighted by atomic mass is 9.94. The molecule has 0 aliphatic carbocycles. The van der Waals surface area contributed by atoms with Crippen LogP contribution in [0.15, 0.2) is 101 Å². The van der Waals surface area contributed by atoms with Crippen molar-refractivity contribution < 1.29 is 9.50 Å². The van der Waals surface area contributed by atoms with Crippen molar-refractivity contribution in [1.29, 1.82) is 0 Å². The second-order valence-electron chi connectivity index (χ2n) is 8.57. The van der Waals surface area contributed by atoms with Gasteiger partial charge in [-0.25, -0.2) is 4.39 Å². The molecule has 0 fully saturated rings. The Bertz CT molecular complexity index is 1590. The van der Waals surface area contributed by atoms with E-state index in [1.165, 1.54) is 12.1 Å². The minimum absolute atomic E-state index is 0. The molecular formula is C29H24ClFN2O3. The Morgan fingerprint density at radius 2 is 1.50 bits per heavy atom. The molecule has 0 aliphatic heterocycles. The molecule has 0 bridgehead atoms. The number of rotatable bonds is 7. The van der Waals surface area contributed by atoms with E-state index in [9.17, 15) is 19.1 Å². The van der Waals surface area contributed by atoms with Crippen LogP contribution in [0.1, 0.15) is 35.7 Å². The molecule has 0 spiro atoms. The SMILES string of the molecule is C[C@@H](NC(c1ccc(F)cc1)c1cccc(Nc2c(O)c(=O)c2=O)c1)c1cccc2ccccc12.Cl. The topological polar surface area (TPSA) is 78.4 Å². The summed E-state index contributed by atoms with van der Waals surface area (Å²) in [5.74, 6) is -0.876. The Kier molecular flexibility index (Phi) is 7.20. The third-order valence-corrected chi connectivity index (χ3v) is 6.28. The highest BCUT2D eigenvalue weighted by Gasteiger charge is 2.22. The highest BCUT2D eigenvalue weighted by atomic mass is 35.5. The van der Waals surface area contributed by atoms with Gasteiger partial charge in [0, 0.05) is 11.7 Å². The van der Waals surface area contributed by atoms with Crippen LogP contribution < -0.4 is 21.5 Å². The summed E-state index contributed by atoms with van der Waals surface area (Å²) >= 11 is 0. The first-order chi connectivity index (χ1) is 16.9. The van der Waals surface area contributed by atoms with Crippen LogP contribution in [0.3, 0.4) is 0 Å². The summed E-state index contributed by atoms with van der Waals surface area (Å²) in [4.78, 5) is 23.1. The maximum atomic E-state index is 13.7. The van der Waals surface area contributed by atoms with Gasteiger partial charge in [-0.1, -0.05) is 66.7 Å². The number of hydrogen-bond acceptors (Lipinski definition) is 5. The van der Waals surface area contributed by atoms with Gasteiger partial charge in [0.15, 0.2) is 5.75 Å². The molecular weight excluding hydrogens is 479 g/mol. The summed E-state index contributed by atoms with van der Waals surface area (Å²) < 4.78 is 13.7. The van der Waals surface area contributed by atoms with E-state index in [1.807, 2.05) is 36.4 Å². The van der Waals surface area contributed by atoms with E-state index >= 15 is 0 Å². The number of fused-ring (bicyclic) bond motifs is 1. The number of aromatic hydroxyl groups is 1. The van der Waals surface area contributed by atoms with Crippen molar-refractivity contribution in [3.63, 3.8) is 0 Å². The molecule has 182 valence electrons. The molecule has 1 unspecified atom stereocenters. The first kappa shape index (κ1) is 25.1. The third kappa shape index (κ3) is 4.73. The van der Waals surface area contributed by atoms with Crippen molar-refractivity contribution >= 4 is 34.6 Å². The van der Waals surface area contributed by atoms with Crippen LogP contribution in [-0.4, -0.2) is 5.11 Å². The van der Waals surface area contributed by atoms with Crippen molar-refractivity contribution in [3.8, 4) is 5.75 Å². The van der Waals surface area contributed by atoms with Crippen molar-refractivity contribution in [3.05, 3.63) is 134 Å². The Morgan fingerprint density at radius 3 is 2.25 bits per heavy atom. The minimum atomic E-state index is -0.890. The molecule has 7 heteroatoms. The van der Waals surface area contributed by atoms with Gasteiger partial charge in [-0.05, 0) is 58.7 Å². The van der Waals surface area contributed by atoms with Crippen LogP contribution in [0.5, 0.6) is 5.75 Å². The molecule has 5 rings (SSSR count). The smallest absolute Gasteiger partial charge is 0.271 e. The number of anilines is 2. The van der Waals surface area contributed by atoms with E-state index in [0.29, 0.717) is 5.69 Å². The quantitative estimate of drug-likeness (QED) is 0.242. The summed E-state index contributed by atoms with van der Waals surface area (Å²) in [6, 6.07) is 27.7. The normalized spacial score (nSPS) is 12.7. The average molecular weight is 503 g/mol. The Morgan fingerprint density at radius 1 is 0.806 bits per heavy atom. The molecule has 2 atom stereocenters. The minimum Gasteiger partial charge on any atom is -0.502 e. The van der Waals surface area contributed by atoms with Gasteiger partial charge in [0.2, 0.25) is 0 Å². The van der Waals surface area contributed by atoms with Crippen LogP contribution >= 0.6 is 12.4 Å². The van der Waals surface area contributed by atoms with E-state index in [2.05, 4.69) is 41.8 Å². The van der Waals surface area contributed by atoms with Gasteiger partial charge >= 0.3 is 0 Å². The van der Waals surface area contributed by atoms with Gasteiger partial charge in [0.25, 0.3) is 10.9 Å². The molecule has 0 saturated heterocycles. The highest BCUT2D eigenvalue weighted by molar-refractivity contribution is 5.86. The van der Waals surface area contributed by atoms with Crippen LogP contribution in [-0.2, 0) is 0 Å². The van der Waals surface area contributed by atoms with Crippen LogP contribution in [0.25, 0.3) is 10.8 Å². The fraction of sp³-hybridized carbons (Fsp3) is 0.103. The van der Waals surface area contributed by atoms with Gasteiger partial charge in [-0.2, -0.15) is 0 Å². The van der Waals surface area contributed by atoms with Crippen LogP contribution in [0, 0.1) is 5.82 Å². The molecule has 0 aliphatic rings. The lowest BCUT2D eigenvalue weighted by Gasteiger charge is -2.26. The predicted octanol–water partition coefficient (Wildman–Crippen LogP) is 5.89. The summed E-state index contributed by atoms with van der Waals surface area (Å²) in [7, 11) is 0. The summed E-state index contributed by atoms with van der Waals surface area (Å²) in [5, 5.41) is 18.5. The molecule has 36 heavy (non-hydrogen) atoms. The van der Waals surface area contributed by atoms with Gasteiger partial charge < -0.3 is 10.4 Å². The molecule has 5 aromatic rings. The van der Waals surface area contributed by atoms with Gasteiger partial charge in [0.1, 0.15) is 11.5 Å². The second kappa shape index (κ2) is 10.3. The molecule has 0 radical (unpaired) electrons. The fourth-order valence-electron chi connectivity index (χ4n) is 4.44. The number of benzene rings is 4. The van der Waals surface area contributed by atoms with E-state index < -0.39 is 16.6 Å².